The zero-order chi connectivity index (χ0) is 12.5. The largest absolute Gasteiger partial charge is 0.377 e. The minimum absolute atomic E-state index is 0.143. The summed E-state index contributed by atoms with van der Waals surface area (Å²) in [5.41, 5.74) is 6.98. The van der Waals surface area contributed by atoms with Crippen LogP contribution in [0.25, 0.3) is 0 Å². The van der Waals surface area contributed by atoms with Crippen LogP contribution < -0.4 is 11.1 Å². The van der Waals surface area contributed by atoms with Crippen molar-refractivity contribution in [1.82, 2.24) is 0 Å². The maximum atomic E-state index is 9.12. The summed E-state index contributed by atoms with van der Waals surface area (Å²) in [5.74, 6) is 0.595. The third-order valence-electron chi connectivity index (χ3n) is 3.45. The van der Waals surface area contributed by atoms with Crippen LogP contribution in [0.1, 0.15) is 25.3 Å². The third-order valence-corrected chi connectivity index (χ3v) is 3.76. The molecular formula is C13H16ClN3. The van der Waals surface area contributed by atoms with E-state index in [1.807, 2.05) is 12.1 Å². The Morgan fingerprint density at radius 3 is 2.82 bits per heavy atom. The van der Waals surface area contributed by atoms with Gasteiger partial charge in [0.15, 0.2) is 0 Å². The van der Waals surface area contributed by atoms with Gasteiger partial charge in [-0.3, -0.25) is 0 Å². The van der Waals surface area contributed by atoms with E-state index in [0.29, 0.717) is 23.0 Å². The highest BCUT2D eigenvalue weighted by Gasteiger charge is 2.40. The van der Waals surface area contributed by atoms with E-state index >= 15 is 0 Å². The molecule has 0 bridgehead atoms. The van der Waals surface area contributed by atoms with Crippen LogP contribution >= 0.6 is 11.6 Å². The number of hydrogen-bond donors (Lipinski definition) is 2. The number of halogens is 1. The van der Waals surface area contributed by atoms with Gasteiger partial charge in [0.25, 0.3) is 0 Å². The van der Waals surface area contributed by atoms with E-state index in [-0.39, 0.29) is 5.54 Å². The van der Waals surface area contributed by atoms with Crippen molar-refractivity contribution in [3.05, 3.63) is 28.8 Å². The highest BCUT2D eigenvalue weighted by molar-refractivity contribution is 6.32. The van der Waals surface area contributed by atoms with Crippen molar-refractivity contribution in [3.63, 3.8) is 0 Å². The molecule has 0 amide bonds. The average molecular weight is 250 g/mol. The number of nitrogens with one attached hydrogen (secondary N) is 1. The highest BCUT2D eigenvalue weighted by Crippen LogP contribution is 2.41. The molecule has 1 unspecified atom stereocenters. The smallest absolute Gasteiger partial charge is 0.103 e. The van der Waals surface area contributed by atoms with Gasteiger partial charge in [0.2, 0.25) is 0 Å². The fourth-order valence-corrected chi connectivity index (χ4v) is 2.31. The molecule has 0 heterocycles. The van der Waals surface area contributed by atoms with E-state index in [1.54, 1.807) is 6.07 Å². The lowest BCUT2D eigenvalue weighted by atomic mass is 9.95. The molecule has 4 heteroatoms. The van der Waals surface area contributed by atoms with Gasteiger partial charge in [-0.1, -0.05) is 17.7 Å². The van der Waals surface area contributed by atoms with E-state index < -0.39 is 0 Å². The van der Waals surface area contributed by atoms with Crippen LogP contribution in [0.4, 0.5) is 5.69 Å². The summed E-state index contributed by atoms with van der Waals surface area (Å²) in [6.45, 7) is 2.65. The number of rotatable bonds is 4. The predicted molar refractivity (Wildman–Crippen MR) is 70.0 cm³/mol. The second-order valence-corrected chi connectivity index (χ2v) is 5.20. The normalized spacial score (nSPS) is 18.2. The van der Waals surface area contributed by atoms with E-state index in [2.05, 4.69) is 18.3 Å². The van der Waals surface area contributed by atoms with Gasteiger partial charge in [0, 0.05) is 12.1 Å². The molecule has 0 radical (unpaired) electrons. The Kier molecular flexibility index (Phi) is 3.28. The number of nitrogens with two attached hydrogens (primary N) is 1. The van der Waals surface area contributed by atoms with E-state index in [9.17, 15) is 0 Å². The molecule has 0 aromatic heterocycles. The Morgan fingerprint density at radius 1 is 1.59 bits per heavy atom. The molecule has 0 saturated heterocycles. The maximum Gasteiger partial charge on any atom is 0.103 e. The predicted octanol–water partition coefficient (Wildman–Crippen LogP) is 2.75. The van der Waals surface area contributed by atoms with Gasteiger partial charge in [-0.05, 0) is 37.8 Å². The molecule has 1 fully saturated rings. The number of nitriles is 1. The molecule has 1 aromatic carbocycles. The Labute approximate surface area is 107 Å². The number of nitrogens with zero attached hydrogens (tertiary/aromatic N) is 1. The topological polar surface area (TPSA) is 61.8 Å². The van der Waals surface area contributed by atoms with Crippen LogP contribution in [0.5, 0.6) is 0 Å². The fraction of sp³-hybridized carbons (Fsp3) is 0.462. The molecule has 2 rings (SSSR count). The van der Waals surface area contributed by atoms with Gasteiger partial charge in [0.05, 0.1) is 16.3 Å². The molecule has 3 nitrogen and oxygen atoms in total. The number of hydrogen-bond acceptors (Lipinski definition) is 3. The molecule has 3 N–H and O–H groups in total. The molecule has 1 aromatic rings. The Hall–Kier alpha value is -1.24. The van der Waals surface area contributed by atoms with Crippen LogP contribution in [-0.2, 0) is 0 Å². The van der Waals surface area contributed by atoms with Crippen molar-refractivity contribution in [2.75, 3.05) is 11.9 Å². The van der Waals surface area contributed by atoms with Gasteiger partial charge < -0.3 is 11.1 Å². The molecule has 1 saturated carbocycles. The summed E-state index contributed by atoms with van der Waals surface area (Å²) < 4.78 is 0. The molecule has 1 aliphatic rings. The Morgan fingerprint density at radius 2 is 2.29 bits per heavy atom. The monoisotopic (exact) mass is 249 g/mol. The minimum atomic E-state index is -0.143. The van der Waals surface area contributed by atoms with Crippen molar-refractivity contribution in [2.24, 2.45) is 11.7 Å². The summed E-state index contributed by atoms with van der Waals surface area (Å²) in [6, 6.07) is 7.58. The molecular weight excluding hydrogens is 234 g/mol. The summed E-state index contributed by atoms with van der Waals surface area (Å²) in [6.07, 6.45) is 2.40. The van der Waals surface area contributed by atoms with Crippen molar-refractivity contribution in [1.29, 1.82) is 5.26 Å². The summed E-state index contributed by atoms with van der Waals surface area (Å²) in [7, 11) is 0. The van der Waals surface area contributed by atoms with E-state index in [0.717, 1.165) is 5.69 Å². The summed E-state index contributed by atoms with van der Waals surface area (Å²) in [4.78, 5) is 0. The second-order valence-electron chi connectivity index (χ2n) is 4.80. The minimum Gasteiger partial charge on any atom is -0.377 e. The molecule has 0 spiro atoms. The molecule has 90 valence electrons. The lowest BCUT2D eigenvalue weighted by molar-refractivity contribution is 0.459. The number of anilines is 1. The number of benzene rings is 1. The van der Waals surface area contributed by atoms with Gasteiger partial charge in [-0.2, -0.15) is 5.26 Å². The average Bonchev–Trinajstić information content (AvgIpc) is 3.13. The van der Waals surface area contributed by atoms with E-state index in [1.165, 1.54) is 12.8 Å². The standard InChI is InChI=1S/C13H16ClN3/c1-13(8-16,9-5-6-9)17-12-4-2-3-11(14)10(12)7-15/h2-4,9,17H,5-6,8,16H2,1H3. The first kappa shape index (κ1) is 12.2. The van der Waals surface area contributed by atoms with E-state index in [4.69, 9.17) is 22.6 Å². The van der Waals surface area contributed by atoms with Crippen LogP contribution in [0.15, 0.2) is 18.2 Å². The highest BCUT2D eigenvalue weighted by atomic mass is 35.5. The first-order valence-electron chi connectivity index (χ1n) is 5.77. The zero-order valence-electron chi connectivity index (χ0n) is 9.83. The summed E-state index contributed by atoms with van der Waals surface area (Å²) >= 11 is 6.00. The Balaban J connectivity index is 2.29. The lowest BCUT2D eigenvalue weighted by Gasteiger charge is -2.31. The molecule has 1 atom stereocenters. The van der Waals surface area contributed by atoms with Gasteiger partial charge >= 0.3 is 0 Å². The SMILES string of the molecule is CC(CN)(Nc1cccc(Cl)c1C#N)C1CC1. The van der Waals surface area contributed by atoms with Crippen molar-refractivity contribution >= 4 is 17.3 Å². The molecule has 1 aliphatic carbocycles. The zero-order valence-corrected chi connectivity index (χ0v) is 10.6. The first-order chi connectivity index (χ1) is 8.10. The van der Waals surface area contributed by atoms with Crippen LogP contribution in [0.3, 0.4) is 0 Å². The quantitative estimate of drug-likeness (QED) is 0.863. The van der Waals surface area contributed by atoms with Gasteiger partial charge in [0.1, 0.15) is 6.07 Å². The fourth-order valence-electron chi connectivity index (χ4n) is 2.09. The Bertz CT molecular complexity index is 462. The first-order valence-corrected chi connectivity index (χ1v) is 6.15. The third kappa shape index (κ3) is 2.38. The van der Waals surface area contributed by atoms with Gasteiger partial charge in [-0.15, -0.1) is 0 Å². The second kappa shape index (κ2) is 4.56. The van der Waals surface area contributed by atoms with Crippen molar-refractivity contribution in [3.8, 4) is 6.07 Å². The lowest BCUT2D eigenvalue weighted by Crippen LogP contribution is -2.44. The molecule has 17 heavy (non-hydrogen) atoms. The summed E-state index contributed by atoms with van der Waals surface area (Å²) in [5, 5.41) is 13.0. The van der Waals surface area contributed by atoms with Crippen molar-refractivity contribution in [2.45, 2.75) is 25.3 Å². The van der Waals surface area contributed by atoms with Gasteiger partial charge in [-0.25, -0.2) is 0 Å². The molecule has 0 aliphatic heterocycles. The van der Waals surface area contributed by atoms with Crippen LogP contribution in [-0.4, -0.2) is 12.1 Å². The maximum absolute atomic E-state index is 9.12. The van der Waals surface area contributed by atoms with Crippen LogP contribution in [0, 0.1) is 17.2 Å². The van der Waals surface area contributed by atoms with Crippen LogP contribution in [0.2, 0.25) is 5.02 Å². The van der Waals surface area contributed by atoms with Crippen molar-refractivity contribution < 1.29 is 0 Å².